The molecular formula is C20H32N2O3. The van der Waals surface area contributed by atoms with E-state index >= 15 is 0 Å². The van der Waals surface area contributed by atoms with Gasteiger partial charge in [-0.15, -0.1) is 0 Å². The van der Waals surface area contributed by atoms with Crippen molar-refractivity contribution in [1.82, 2.24) is 4.98 Å². The Labute approximate surface area is 151 Å². The molecule has 0 aromatic carbocycles. The molecule has 5 nitrogen and oxygen atoms in total. The molecule has 1 atom stereocenters. The molecule has 1 aromatic heterocycles. The molecule has 0 spiro atoms. The summed E-state index contributed by atoms with van der Waals surface area (Å²) >= 11 is 0. The van der Waals surface area contributed by atoms with Crippen LogP contribution in [0.3, 0.4) is 0 Å². The Morgan fingerprint density at radius 3 is 2.32 bits per heavy atom. The molecule has 2 rings (SSSR count). The van der Waals surface area contributed by atoms with Crippen LogP contribution in [0, 0.1) is 19.3 Å². The zero-order valence-electron chi connectivity index (χ0n) is 16.6. The third kappa shape index (κ3) is 4.94. The maximum atomic E-state index is 12.0. The van der Waals surface area contributed by atoms with E-state index in [4.69, 9.17) is 4.74 Å². The van der Waals surface area contributed by atoms with Crippen LogP contribution in [0.4, 0.5) is 5.69 Å². The molecule has 25 heavy (non-hydrogen) atoms. The van der Waals surface area contributed by atoms with Gasteiger partial charge in [0, 0.05) is 35.7 Å². The van der Waals surface area contributed by atoms with Crippen LogP contribution in [0.25, 0.3) is 0 Å². The van der Waals surface area contributed by atoms with Crippen molar-refractivity contribution in [2.45, 2.75) is 73.0 Å². The third-order valence-electron chi connectivity index (χ3n) is 4.77. The molecule has 1 saturated heterocycles. The van der Waals surface area contributed by atoms with Crippen LogP contribution in [0.5, 0.6) is 0 Å². The second-order valence-electron chi connectivity index (χ2n) is 8.88. The number of pyridine rings is 1. The summed E-state index contributed by atoms with van der Waals surface area (Å²) in [7, 11) is 0. The molecular weight excluding hydrogens is 316 g/mol. The van der Waals surface area contributed by atoms with E-state index in [0.29, 0.717) is 11.0 Å². The van der Waals surface area contributed by atoms with Gasteiger partial charge < -0.3 is 14.7 Å². The Kier molecular flexibility index (Phi) is 5.47. The molecule has 5 heteroatoms. The summed E-state index contributed by atoms with van der Waals surface area (Å²) in [5, 5.41) is 9.82. The molecule has 0 bridgehead atoms. The van der Waals surface area contributed by atoms with Gasteiger partial charge in [-0.05, 0) is 58.9 Å². The first-order valence-corrected chi connectivity index (χ1v) is 9.03. The molecule has 140 valence electrons. The summed E-state index contributed by atoms with van der Waals surface area (Å²) in [5.74, 6) is -0.970. The number of carboxylic acid groups (broad SMARTS) is 1. The Bertz CT molecular complexity index is 637. The highest BCUT2D eigenvalue weighted by atomic mass is 16.5. The average Bonchev–Trinajstić information content (AvgIpc) is 2.43. The van der Waals surface area contributed by atoms with E-state index in [1.807, 2.05) is 40.7 Å². The predicted molar refractivity (Wildman–Crippen MR) is 100 cm³/mol. The number of aromatic nitrogens is 1. The van der Waals surface area contributed by atoms with Gasteiger partial charge in [-0.2, -0.15) is 0 Å². The lowest BCUT2D eigenvalue weighted by atomic mass is 9.82. The molecule has 0 radical (unpaired) electrons. The van der Waals surface area contributed by atoms with E-state index in [9.17, 15) is 9.90 Å². The monoisotopic (exact) mass is 348 g/mol. The van der Waals surface area contributed by atoms with Crippen LogP contribution >= 0.6 is 0 Å². The van der Waals surface area contributed by atoms with Crippen molar-refractivity contribution in [3.63, 3.8) is 0 Å². The van der Waals surface area contributed by atoms with E-state index in [0.717, 1.165) is 43.0 Å². The second kappa shape index (κ2) is 6.94. The van der Waals surface area contributed by atoms with Crippen molar-refractivity contribution < 1.29 is 14.6 Å². The largest absolute Gasteiger partial charge is 0.479 e. The van der Waals surface area contributed by atoms with E-state index in [2.05, 4.69) is 23.7 Å². The summed E-state index contributed by atoms with van der Waals surface area (Å²) in [6.45, 7) is 15.9. The van der Waals surface area contributed by atoms with Crippen molar-refractivity contribution in [2.75, 3.05) is 18.0 Å². The van der Waals surface area contributed by atoms with Crippen LogP contribution in [-0.2, 0) is 9.53 Å². The van der Waals surface area contributed by atoms with Crippen molar-refractivity contribution in [3.05, 3.63) is 23.0 Å². The number of hydrogen-bond acceptors (Lipinski definition) is 4. The van der Waals surface area contributed by atoms with Gasteiger partial charge in [0.2, 0.25) is 0 Å². The van der Waals surface area contributed by atoms with Gasteiger partial charge in [0.05, 0.1) is 5.60 Å². The van der Waals surface area contributed by atoms with Gasteiger partial charge >= 0.3 is 5.97 Å². The predicted octanol–water partition coefficient (Wildman–Crippen LogP) is 4.27. The fourth-order valence-electron chi connectivity index (χ4n) is 3.34. The number of nitrogens with zero attached hydrogens (tertiary/aromatic N) is 2. The van der Waals surface area contributed by atoms with E-state index in [1.54, 1.807) is 0 Å². The standard InChI is InChI=1S/C20H32N2O3/c1-13-12-15(22-10-8-20(6,7)9-11-22)16(14(2)21-13)17(18(23)24)25-19(3,4)5/h12,17H,8-11H2,1-7H3,(H,23,24)/t17-/m0/s1. The van der Waals surface area contributed by atoms with E-state index < -0.39 is 17.7 Å². The highest BCUT2D eigenvalue weighted by molar-refractivity contribution is 5.78. The summed E-state index contributed by atoms with van der Waals surface area (Å²) in [6, 6.07) is 2.00. The van der Waals surface area contributed by atoms with Crippen LogP contribution in [0.1, 0.15) is 70.5 Å². The first kappa shape index (κ1) is 19.7. The molecule has 1 fully saturated rings. The molecule has 1 aliphatic heterocycles. The molecule has 1 N–H and O–H groups in total. The number of piperidine rings is 1. The van der Waals surface area contributed by atoms with E-state index in [-0.39, 0.29) is 0 Å². The molecule has 0 aliphatic carbocycles. The minimum atomic E-state index is -1.02. The van der Waals surface area contributed by atoms with Crippen molar-refractivity contribution in [1.29, 1.82) is 0 Å². The summed E-state index contributed by atoms with van der Waals surface area (Å²) in [4.78, 5) is 18.8. The number of carbonyl (C=O) groups is 1. The summed E-state index contributed by atoms with van der Waals surface area (Å²) < 4.78 is 5.91. The van der Waals surface area contributed by atoms with Crippen molar-refractivity contribution in [2.24, 2.45) is 5.41 Å². The zero-order chi connectivity index (χ0) is 19.0. The Morgan fingerprint density at radius 2 is 1.84 bits per heavy atom. The maximum Gasteiger partial charge on any atom is 0.337 e. The number of aliphatic carboxylic acids is 1. The van der Waals surface area contributed by atoms with Crippen LogP contribution in [0.2, 0.25) is 0 Å². The lowest BCUT2D eigenvalue weighted by Gasteiger charge is -2.40. The average molecular weight is 348 g/mol. The minimum Gasteiger partial charge on any atom is -0.479 e. The SMILES string of the molecule is Cc1cc(N2CCC(C)(C)CC2)c([C@H](OC(C)(C)C)C(=O)O)c(C)n1. The van der Waals surface area contributed by atoms with Crippen molar-refractivity contribution in [3.8, 4) is 0 Å². The number of carboxylic acids is 1. The highest BCUT2D eigenvalue weighted by Gasteiger charge is 2.34. The Hall–Kier alpha value is -1.62. The Balaban J connectivity index is 2.48. The van der Waals surface area contributed by atoms with Gasteiger partial charge in [0.15, 0.2) is 6.10 Å². The lowest BCUT2D eigenvalue weighted by Crippen LogP contribution is -2.39. The minimum absolute atomic E-state index is 0.335. The van der Waals surface area contributed by atoms with Crippen LogP contribution in [0.15, 0.2) is 6.07 Å². The smallest absolute Gasteiger partial charge is 0.337 e. The number of ether oxygens (including phenoxy) is 1. The number of hydrogen-bond donors (Lipinski definition) is 1. The number of rotatable bonds is 4. The second-order valence-corrected chi connectivity index (χ2v) is 8.88. The quantitative estimate of drug-likeness (QED) is 0.880. The zero-order valence-corrected chi connectivity index (χ0v) is 16.6. The van der Waals surface area contributed by atoms with Gasteiger partial charge in [-0.1, -0.05) is 13.8 Å². The molecule has 1 aliphatic rings. The number of aryl methyl sites for hydroxylation is 2. The van der Waals surface area contributed by atoms with E-state index in [1.165, 1.54) is 0 Å². The van der Waals surface area contributed by atoms with Crippen LogP contribution in [-0.4, -0.2) is 34.8 Å². The summed E-state index contributed by atoms with van der Waals surface area (Å²) in [6.07, 6.45) is 1.16. The molecule has 1 aromatic rings. The van der Waals surface area contributed by atoms with Crippen LogP contribution < -0.4 is 4.90 Å². The fraction of sp³-hybridized carbons (Fsp3) is 0.700. The van der Waals surface area contributed by atoms with Gasteiger partial charge in [0.25, 0.3) is 0 Å². The highest BCUT2D eigenvalue weighted by Crippen LogP contribution is 2.38. The van der Waals surface area contributed by atoms with Gasteiger partial charge in [0.1, 0.15) is 0 Å². The fourth-order valence-corrected chi connectivity index (χ4v) is 3.34. The first-order valence-electron chi connectivity index (χ1n) is 9.03. The topological polar surface area (TPSA) is 62.7 Å². The molecule has 2 heterocycles. The van der Waals surface area contributed by atoms with Crippen molar-refractivity contribution >= 4 is 11.7 Å². The maximum absolute atomic E-state index is 12.0. The lowest BCUT2D eigenvalue weighted by molar-refractivity contribution is -0.160. The van der Waals surface area contributed by atoms with Gasteiger partial charge in [-0.3, -0.25) is 4.98 Å². The molecule has 0 unspecified atom stereocenters. The summed E-state index contributed by atoms with van der Waals surface area (Å²) in [5.41, 5.74) is 3.06. The molecule has 0 amide bonds. The Morgan fingerprint density at radius 1 is 1.28 bits per heavy atom. The first-order chi connectivity index (χ1) is 11.4. The molecule has 0 saturated carbocycles. The third-order valence-corrected chi connectivity index (χ3v) is 4.77. The normalized spacial score (nSPS) is 18.9. The van der Waals surface area contributed by atoms with Gasteiger partial charge in [-0.25, -0.2) is 4.79 Å². The number of anilines is 1.